The number of aryl methyl sites for hydroxylation is 3. The van der Waals surface area contributed by atoms with Crippen LogP contribution >= 0.6 is 0 Å². The molecule has 104 valence electrons. The molecule has 0 aromatic heterocycles. The Bertz CT molecular complexity index is 456. The first kappa shape index (κ1) is 14.1. The number of likely N-dealkylation sites (tertiary alicyclic amines) is 1. The van der Waals surface area contributed by atoms with Crippen LogP contribution in [-0.4, -0.2) is 29.9 Å². The lowest BCUT2D eigenvalue weighted by Crippen LogP contribution is -2.40. The van der Waals surface area contributed by atoms with Gasteiger partial charge in [0, 0.05) is 25.6 Å². The number of nitrogens with two attached hydrogens (primary N) is 1. The minimum atomic E-state index is 0.257. The van der Waals surface area contributed by atoms with Gasteiger partial charge in [-0.05, 0) is 44.2 Å². The predicted molar refractivity (Wildman–Crippen MR) is 78.0 cm³/mol. The highest BCUT2D eigenvalue weighted by Crippen LogP contribution is 2.19. The second-order valence-corrected chi connectivity index (χ2v) is 5.55. The number of amides is 1. The second-order valence-electron chi connectivity index (χ2n) is 5.55. The molecule has 0 saturated carbocycles. The standard InChI is InChI=1S/C16H24N2O/c1-12-5-6-14(13(2)10-12)7-8-16(19)18-9-3-4-15(18)11-17/h5-6,10,15H,3-4,7-9,11,17H2,1-2H3/t15-/m0/s1. The van der Waals surface area contributed by atoms with Crippen molar-refractivity contribution in [1.82, 2.24) is 4.90 Å². The fourth-order valence-electron chi connectivity index (χ4n) is 2.92. The second kappa shape index (κ2) is 6.20. The van der Waals surface area contributed by atoms with Crippen LogP contribution in [0, 0.1) is 13.8 Å². The molecule has 1 aliphatic heterocycles. The summed E-state index contributed by atoms with van der Waals surface area (Å²) in [4.78, 5) is 14.2. The summed E-state index contributed by atoms with van der Waals surface area (Å²) in [6.07, 6.45) is 3.59. The van der Waals surface area contributed by atoms with E-state index >= 15 is 0 Å². The predicted octanol–water partition coefficient (Wildman–Crippen LogP) is 2.19. The maximum atomic E-state index is 12.2. The van der Waals surface area contributed by atoms with E-state index in [2.05, 4.69) is 32.0 Å². The van der Waals surface area contributed by atoms with Crippen LogP contribution in [0.5, 0.6) is 0 Å². The zero-order chi connectivity index (χ0) is 13.8. The maximum Gasteiger partial charge on any atom is 0.223 e. The lowest BCUT2D eigenvalue weighted by molar-refractivity contribution is -0.131. The highest BCUT2D eigenvalue weighted by Gasteiger charge is 2.26. The molecule has 1 saturated heterocycles. The Balaban J connectivity index is 1.93. The van der Waals surface area contributed by atoms with E-state index in [1.165, 1.54) is 16.7 Å². The fraction of sp³-hybridized carbons (Fsp3) is 0.562. The van der Waals surface area contributed by atoms with Gasteiger partial charge in [0.1, 0.15) is 0 Å². The third kappa shape index (κ3) is 3.35. The molecule has 1 aromatic rings. The number of benzene rings is 1. The van der Waals surface area contributed by atoms with Crippen molar-refractivity contribution in [3.63, 3.8) is 0 Å². The van der Waals surface area contributed by atoms with Crippen LogP contribution in [0.2, 0.25) is 0 Å². The Morgan fingerprint density at radius 1 is 1.42 bits per heavy atom. The molecule has 0 aliphatic carbocycles. The van der Waals surface area contributed by atoms with E-state index in [9.17, 15) is 4.79 Å². The first-order valence-corrected chi connectivity index (χ1v) is 7.17. The summed E-state index contributed by atoms with van der Waals surface area (Å²) < 4.78 is 0. The number of nitrogens with zero attached hydrogens (tertiary/aromatic N) is 1. The van der Waals surface area contributed by atoms with Gasteiger partial charge in [-0.15, -0.1) is 0 Å². The normalized spacial score (nSPS) is 18.9. The van der Waals surface area contributed by atoms with E-state index in [-0.39, 0.29) is 11.9 Å². The highest BCUT2D eigenvalue weighted by atomic mass is 16.2. The summed E-state index contributed by atoms with van der Waals surface area (Å²) in [7, 11) is 0. The maximum absolute atomic E-state index is 12.2. The first-order valence-electron chi connectivity index (χ1n) is 7.17. The SMILES string of the molecule is Cc1ccc(CCC(=O)N2CCC[C@H]2CN)c(C)c1. The summed E-state index contributed by atoms with van der Waals surface area (Å²) in [5.41, 5.74) is 9.55. The average Bonchev–Trinajstić information content (AvgIpc) is 2.85. The fourth-order valence-corrected chi connectivity index (χ4v) is 2.92. The van der Waals surface area contributed by atoms with Crippen LogP contribution < -0.4 is 5.73 Å². The van der Waals surface area contributed by atoms with Crippen molar-refractivity contribution >= 4 is 5.91 Å². The summed E-state index contributed by atoms with van der Waals surface area (Å²) in [5.74, 6) is 0.257. The summed E-state index contributed by atoms with van der Waals surface area (Å²) in [6, 6.07) is 6.71. The molecule has 1 aliphatic rings. The molecule has 0 unspecified atom stereocenters. The molecule has 2 rings (SSSR count). The Labute approximate surface area is 115 Å². The summed E-state index contributed by atoms with van der Waals surface area (Å²) >= 11 is 0. The van der Waals surface area contributed by atoms with E-state index in [0.717, 1.165) is 25.8 Å². The van der Waals surface area contributed by atoms with Crippen molar-refractivity contribution in [1.29, 1.82) is 0 Å². The lowest BCUT2D eigenvalue weighted by atomic mass is 10.0. The van der Waals surface area contributed by atoms with Crippen LogP contribution in [-0.2, 0) is 11.2 Å². The minimum absolute atomic E-state index is 0.257. The molecular formula is C16H24N2O. The Hall–Kier alpha value is -1.35. The van der Waals surface area contributed by atoms with Crippen molar-refractivity contribution in [2.24, 2.45) is 5.73 Å². The highest BCUT2D eigenvalue weighted by molar-refractivity contribution is 5.77. The van der Waals surface area contributed by atoms with Crippen molar-refractivity contribution in [2.75, 3.05) is 13.1 Å². The molecule has 1 atom stereocenters. The topological polar surface area (TPSA) is 46.3 Å². The van der Waals surface area contributed by atoms with E-state index in [0.29, 0.717) is 13.0 Å². The van der Waals surface area contributed by atoms with Crippen molar-refractivity contribution in [3.05, 3.63) is 34.9 Å². The van der Waals surface area contributed by atoms with Gasteiger partial charge >= 0.3 is 0 Å². The molecule has 1 amide bonds. The van der Waals surface area contributed by atoms with Gasteiger partial charge in [-0.2, -0.15) is 0 Å². The van der Waals surface area contributed by atoms with Crippen LogP contribution in [0.1, 0.15) is 36.0 Å². The van der Waals surface area contributed by atoms with Gasteiger partial charge in [0.25, 0.3) is 0 Å². The van der Waals surface area contributed by atoms with Crippen molar-refractivity contribution in [3.8, 4) is 0 Å². The third-order valence-corrected chi connectivity index (χ3v) is 4.08. The van der Waals surface area contributed by atoms with Gasteiger partial charge in [-0.25, -0.2) is 0 Å². The molecule has 1 fully saturated rings. The van der Waals surface area contributed by atoms with Gasteiger partial charge < -0.3 is 10.6 Å². The smallest absolute Gasteiger partial charge is 0.223 e. The van der Waals surface area contributed by atoms with E-state index in [4.69, 9.17) is 5.73 Å². The number of hydrogen-bond acceptors (Lipinski definition) is 2. The van der Waals surface area contributed by atoms with E-state index in [1.807, 2.05) is 4.90 Å². The Kier molecular flexibility index (Phi) is 4.59. The largest absolute Gasteiger partial charge is 0.338 e. The van der Waals surface area contributed by atoms with E-state index < -0.39 is 0 Å². The van der Waals surface area contributed by atoms with Crippen LogP contribution in [0.4, 0.5) is 0 Å². The minimum Gasteiger partial charge on any atom is -0.338 e. The number of hydrogen-bond donors (Lipinski definition) is 1. The monoisotopic (exact) mass is 260 g/mol. The summed E-state index contributed by atoms with van der Waals surface area (Å²) in [5, 5.41) is 0. The molecule has 3 heteroatoms. The molecule has 1 heterocycles. The number of rotatable bonds is 4. The molecular weight excluding hydrogens is 236 g/mol. The zero-order valence-corrected chi connectivity index (χ0v) is 12.0. The van der Waals surface area contributed by atoms with Gasteiger partial charge in [-0.1, -0.05) is 23.8 Å². The molecule has 19 heavy (non-hydrogen) atoms. The Morgan fingerprint density at radius 2 is 2.21 bits per heavy atom. The average molecular weight is 260 g/mol. The molecule has 1 aromatic carbocycles. The molecule has 0 spiro atoms. The molecule has 3 nitrogen and oxygen atoms in total. The number of carbonyl (C=O) groups excluding carboxylic acids is 1. The van der Waals surface area contributed by atoms with Crippen molar-refractivity contribution < 1.29 is 4.79 Å². The Morgan fingerprint density at radius 3 is 2.89 bits per heavy atom. The molecule has 0 radical (unpaired) electrons. The van der Waals surface area contributed by atoms with Crippen LogP contribution in [0.25, 0.3) is 0 Å². The summed E-state index contributed by atoms with van der Waals surface area (Å²) in [6.45, 7) is 5.69. The van der Waals surface area contributed by atoms with Gasteiger partial charge in [0.05, 0.1) is 0 Å². The van der Waals surface area contributed by atoms with Crippen LogP contribution in [0.15, 0.2) is 18.2 Å². The van der Waals surface area contributed by atoms with Crippen LogP contribution in [0.3, 0.4) is 0 Å². The number of carbonyl (C=O) groups is 1. The molecule has 0 bridgehead atoms. The first-order chi connectivity index (χ1) is 9.11. The van der Waals surface area contributed by atoms with Gasteiger partial charge in [-0.3, -0.25) is 4.79 Å². The van der Waals surface area contributed by atoms with E-state index in [1.54, 1.807) is 0 Å². The zero-order valence-electron chi connectivity index (χ0n) is 12.0. The van der Waals surface area contributed by atoms with Gasteiger partial charge in [0.2, 0.25) is 5.91 Å². The molecule has 2 N–H and O–H groups in total. The quantitative estimate of drug-likeness (QED) is 0.902. The third-order valence-electron chi connectivity index (χ3n) is 4.08. The van der Waals surface area contributed by atoms with Crippen molar-refractivity contribution in [2.45, 2.75) is 45.6 Å². The lowest BCUT2D eigenvalue weighted by Gasteiger charge is -2.23. The van der Waals surface area contributed by atoms with Gasteiger partial charge in [0.15, 0.2) is 0 Å².